The molecule has 0 spiro atoms. The van der Waals surface area contributed by atoms with Crippen molar-refractivity contribution in [2.75, 3.05) is 6.61 Å². The highest BCUT2D eigenvalue weighted by Crippen LogP contribution is 2.34. The van der Waals surface area contributed by atoms with E-state index in [1.165, 1.54) is 47.9 Å². The molecule has 0 aliphatic heterocycles. The Kier molecular flexibility index (Phi) is 6.33. The number of fused-ring (bicyclic) bond motifs is 1. The Labute approximate surface area is 152 Å². The van der Waals surface area contributed by atoms with Gasteiger partial charge in [-0.05, 0) is 79.3 Å². The van der Waals surface area contributed by atoms with Crippen LogP contribution in [0, 0.1) is 0 Å². The van der Waals surface area contributed by atoms with Crippen LogP contribution in [0.25, 0.3) is 0 Å². The maximum Gasteiger partial charge on any atom is 0.120 e. The molecule has 1 atom stereocenters. The second-order valence-electron chi connectivity index (χ2n) is 7.10. The van der Waals surface area contributed by atoms with Gasteiger partial charge in [0, 0.05) is 0 Å². The second kappa shape index (κ2) is 8.89. The Morgan fingerprint density at radius 3 is 2.68 bits per heavy atom. The van der Waals surface area contributed by atoms with Gasteiger partial charge in [0.15, 0.2) is 0 Å². The van der Waals surface area contributed by atoms with E-state index in [4.69, 9.17) is 4.74 Å². The number of aryl methyl sites for hydroxylation is 2. The molecule has 0 bridgehead atoms. The average Bonchev–Trinajstić information content (AvgIpc) is 2.66. The molecule has 0 radical (unpaired) electrons. The van der Waals surface area contributed by atoms with E-state index in [2.05, 4.69) is 49.4 Å². The summed E-state index contributed by atoms with van der Waals surface area (Å²) < 4.78 is 5.78. The molecule has 0 saturated heterocycles. The van der Waals surface area contributed by atoms with Crippen LogP contribution >= 0.6 is 0 Å². The van der Waals surface area contributed by atoms with Crippen molar-refractivity contribution < 1.29 is 4.74 Å². The van der Waals surface area contributed by atoms with E-state index in [1.54, 1.807) is 0 Å². The van der Waals surface area contributed by atoms with Gasteiger partial charge in [0.1, 0.15) is 12.4 Å². The fourth-order valence-corrected chi connectivity index (χ4v) is 3.68. The highest BCUT2D eigenvalue weighted by molar-refractivity contribution is 5.40. The maximum absolute atomic E-state index is 5.78. The van der Waals surface area contributed by atoms with Gasteiger partial charge in [-0.1, -0.05) is 55.8 Å². The Bertz CT molecular complexity index is 697. The average molecular weight is 335 g/mol. The number of ether oxygens (including phenoxy) is 1. The molecule has 0 fully saturated rings. The van der Waals surface area contributed by atoms with E-state index in [0.717, 1.165) is 18.6 Å². The zero-order valence-electron chi connectivity index (χ0n) is 15.6. The molecule has 3 rings (SSSR count). The Morgan fingerprint density at radius 1 is 1.08 bits per heavy atom. The standard InChI is InChI=1S/C24H30O/c1-3-5-7-19-8-10-20(11-9-19)21-12-13-23-18-24(25-16-6-4-2)15-14-22(23)17-21/h4,6,8-11,14-15,18,21H,3,5,7,12-13,16-17H2,1-2H3. The van der Waals surface area contributed by atoms with Crippen LogP contribution in [0.1, 0.15) is 61.3 Å². The minimum absolute atomic E-state index is 0.655. The van der Waals surface area contributed by atoms with Crippen molar-refractivity contribution in [1.82, 2.24) is 0 Å². The number of hydrogen-bond acceptors (Lipinski definition) is 1. The topological polar surface area (TPSA) is 9.23 Å². The highest BCUT2D eigenvalue weighted by Gasteiger charge is 2.20. The second-order valence-corrected chi connectivity index (χ2v) is 7.10. The summed E-state index contributed by atoms with van der Waals surface area (Å²) in [5, 5.41) is 0. The van der Waals surface area contributed by atoms with E-state index < -0.39 is 0 Å². The number of allylic oxidation sites excluding steroid dienone is 1. The van der Waals surface area contributed by atoms with Crippen LogP contribution in [0.5, 0.6) is 5.75 Å². The molecule has 0 saturated carbocycles. The van der Waals surface area contributed by atoms with Crippen LogP contribution < -0.4 is 4.74 Å². The predicted octanol–water partition coefficient (Wildman–Crippen LogP) is 6.26. The third kappa shape index (κ3) is 4.75. The third-order valence-electron chi connectivity index (χ3n) is 5.26. The molecule has 132 valence electrons. The van der Waals surface area contributed by atoms with Gasteiger partial charge in [-0.25, -0.2) is 0 Å². The lowest BCUT2D eigenvalue weighted by Gasteiger charge is -2.25. The van der Waals surface area contributed by atoms with E-state index in [1.807, 2.05) is 19.1 Å². The molecule has 2 aromatic rings. The SMILES string of the molecule is CC=CCOc1ccc2c(c1)CCC(c1ccc(CCCC)cc1)C2. The molecule has 0 heterocycles. The lowest BCUT2D eigenvalue weighted by molar-refractivity contribution is 0.361. The first kappa shape index (κ1) is 17.8. The monoisotopic (exact) mass is 334 g/mol. The molecule has 1 aliphatic carbocycles. The minimum atomic E-state index is 0.655. The van der Waals surface area contributed by atoms with Gasteiger partial charge in [-0.15, -0.1) is 0 Å². The Balaban J connectivity index is 1.64. The summed E-state index contributed by atoms with van der Waals surface area (Å²) >= 11 is 0. The number of benzene rings is 2. The van der Waals surface area contributed by atoms with Gasteiger partial charge < -0.3 is 4.74 Å². The molecule has 1 aliphatic rings. The number of rotatable bonds is 7. The van der Waals surface area contributed by atoms with Gasteiger partial charge >= 0.3 is 0 Å². The van der Waals surface area contributed by atoms with Crippen molar-refractivity contribution in [3.05, 3.63) is 76.9 Å². The largest absolute Gasteiger partial charge is 0.490 e. The Hall–Kier alpha value is -2.02. The summed E-state index contributed by atoms with van der Waals surface area (Å²) in [5.41, 5.74) is 5.93. The third-order valence-corrected chi connectivity index (χ3v) is 5.26. The summed E-state index contributed by atoms with van der Waals surface area (Å²) in [6, 6.07) is 16.0. The molecule has 1 unspecified atom stereocenters. The first-order chi connectivity index (χ1) is 12.3. The predicted molar refractivity (Wildman–Crippen MR) is 107 cm³/mol. The van der Waals surface area contributed by atoms with Crippen LogP contribution in [0.2, 0.25) is 0 Å². The van der Waals surface area contributed by atoms with Crippen molar-refractivity contribution in [3.8, 4) is 5.75 Å². The highest BCUT2D eigenvalue weighted by atomic mass is 16.5. The summed E-state index contributed by atoms with van der Waals surface area (Å²) in [6.07, 6.45) is 11.4. The zero-order valence-corrected chi connectivity index (χ0v) is 15.6. The maximum atomic E-state index is 5.78. The molecule has 0 N–H and O–H groups in total. The van der Waals surface area contributed by atoms with Crippen LogP contribution in [0.4, 0.5) is 0 Å². The molecular weight excluding hydrogens is 304 g/mol. The minimum Gasteiger partial charge on any atom is -0.490 e. The summed E-state index contributed by atoms with van der Waals surface area (Å²) in [4.78, 5) is 0. The molecule has 0 aromatic heterocycles. The van der Waals surface area contributed by atoms with Gasteiger partial charge in [-0.3, -0.25) is 0 Å². The van der Waals surface area contributed by atoms with Gasteiger partial charge in [-0.2, -0.15) is 0 Å². The fraction of sp³-hybridized carbons (Fsp3) is 0.417. The number of unbranched alkanes of at least 4 members (excludes halogenated alkanes) is 1. The lowest BCUT2D eigenvalue weighted by atomic mass is 9.80. The quantitative estimate of drug-likeness (QED) is 0.543. The van der Waals surface area contributed by atoms with Crippen molar-refractivity contribution in [3.63, 3.8) is 0 Å². The first-order valence-electron chi connectivity index (χ1n) is 9.74. The van der Waals surface area contributed by atoms with Crippen LogP contribution in [-0.4, -0.2) is 6.61 Å². The van der Waals surface area contributed by atoms with Gasteiger partial charge in [0.25, 0.3) is 0 Å². The summed E-state index contributed by atoms with van der Waals surface area (Å²) in [7, 11) is 0. The molecule has 0 amide bonds. The fourth-order valence-electron chi connectivity index (χ4n) is 3.68. The first-order valence-corrected chi connectivity index (χ1v) is 9.74. The van der Waals surface area contributed by atoms with Gasteiger partial charge in [0.2, 0.25) is 0 Å². The van der Waals surface area contributed by atoms with Crippen LogP contribution in [0.15, 0.2) is 54.6 Å². The van der Waals surface area contributed by atoms with E-state index in [9.17, 15) is 0 Å². The normalized spacial score (nSPS) is 16.8. The van der Waals surface area contributed by atoms with Crippen molar-refractivity contribution in [1.29, 1.82) is 0 Å². The van der Waals surface area contributed by atoms with Crippen LogP contribution in [0.3, 0.4) is 0 Å². The molecular formula is C24H30O. The van der Waals surface area contributed by atoms with E-state index in [0.29, 0.717) is 12.5 Å². The van der Waals surface area contributed by atoms with E-state index in [-0.39, 0.29) is 0 Å². The summed E-state index contributed by atoms with van der Waals surface area (Å²) in [6.45, 7) is 4.93. The van der Waals surface area contributed by atoms with Crippen molar-refractivity contribution in [2.45, 2.75) is 58.3 Å². The van der Waals surface area contributed by atoms with Crippen molar-refractivity contribution >= 4 is 0 Å². The molecule has 1 nitrogen and oxygen atoms in total. The number of hydrogen-bond donors (Lipinski definition) is 0. The molecule has 1 heteroatoms. The Morgan fingerprint density at radius 2 is 1.92 bits per heavy atom. The molecule has 25 heavy (non-hydrogen) atoms. The summed E-state index contributed by atoms with van der Waals surface area (Å²) in [5.74, 6) is 1.65. The van der Waals surface area contributed by atoms with Crippen molar-refractivity contribution in [2.24, 2.45) is 0 Å². The lowest BCUT2D eigenvalue weighted by Crippen LogP contribution is -2.13. The van der Waals surface area contributed by atoms with Gasteiger partial charge in [0.05, 0.1) is 0 Å². The molecule has 2 aromatic carbocycles. The zero-order chi connectivity index (χ0) is 17.5. The van der Waals surface area contributed by atoms with Crippen LogP contribution in [-0.2, 0) is 19.3 Å². The smallest absolute Gasteiger partial charge is 0.120 e. The van der Waals surface area contributed by atoms with E-state index >= 15 is 0 Å².